The summed E-state index contributed by atoms with van der Waals surface area (Å²) in [7, 11) is 3.67. The number of H-pyrrole nitrogens is 1. The van der Waals surface area contributed by atoms with Crippen molar-refractivity contribution in [1.29, 1.82) is 0 Å². The first-order valence-electron chi connectivity index (χ1n) is 11.6. The summed E-state index contributed by atoms with van der Waals surface area (Å²) in [6.07, 6.45) is 2.50. The topological polar surface area (TPSA) is 99.2 Å². The maximum atomic E-state index is 13.3. The smallest absolute Gasteiger partial charge is 0.328 e. The summed E-state index contributed by atoms with van der Waals surface area (Å²) in [6.45, 7) is 13.6. The van der Waals surface area contributed by atoms with Gasteiger partial charge in [0.05, 0.1) is 6.54 Å². The Labute approximate surface area is 199 Å². The van der Waals surface area contributed by atoms with E-state index in [4.69, 9.17) is 0 Å². The molecule has 0 unspecified atom stereocenters. The molecule has 0 fully saturated rings. The van der Waals surface area contributed by atoms with Crippen LogP contribution in [0.25, 0.3) is 11.2 Å². The van der Waals surface area contributed by atoms with Gasteiger partial charge in [-0.15, -0.1) is 6.58 Å². The van der Waals surface area contributed by atoms with Gasteiger partial charge in [0.15, 0.2) is 11.5 Å². The first-order valence-corrected chi connectivity index (χ1v) is 11.6. The van der Waals surface area contributed by atoms with Gasteiger partial charge in [-0.25, -0.2) is 4.79 Å². The lowest BCUT2D eigenvalue weighted by Gasteiger charge is -2.31. The molecule has 0 atom stereocenters. The molecule has 9 heteroatoms. The molecule has 3 aromatic rings. The van der Waals surface area contributed by atoms with E-state index in [2.05, 4.69) is 32.9 Å². The lowest BCUT2D eigenvalue weighted by Crippen LogP contribution is -2.41. The Morgan fingerprint density at radius 1 is 1.26 bits per heavy atom. The molecule has 2 N–H and O–H groups in total. The summed E-state index contributed by atoms with van der Waals surface area (Å²) in [5.41, 5.74) is 4.21. The second-order valence-electron chi connectivity index (χ2n) is 9.69. The van der Waals surface area contributed by atoms with Gasteiger partial charge in [-0.1, -0.05) is 12.1 Å². The highest BCUT2D eigenvalue weighted by molar-refractivity contribution is 5.99. The number of rotatable bonds is 7. The maximum Gasteiger partial charge on any atom is 0.328 e. The average Bonchev–Trinajstić information content (AvgIpc) is 3.30. The maximum absolute atomic E-state index is 13.3. The molecule has 0 saturated heterocycles. The van der Waals surface area contributed by atoms with Gasteiger partial charge in [-0.3, -0.25) is 9.36 Å². The highest BCUT2D eigenvalue weighted by atomic mass is 16.2. The SMILES string of the molecule is C=CCc1cc(Cn2c(=O)[nH]c3c(NC)nc(N(C)CC)nc32)cc2c1CN(C(C)(C)C)C2=O. The third-order valence-electron chi connectivity index (χ3n) is 6.37. The average molecular weight is 464 g/mol. The van der Waals surface area contributed by atoms with Crippen LogP contribution in [0.2, 0.25) is 0 Å². The third-order valence-corrected chi connectivity index (χ3v) is 6.37. The van der Waals surface area contributed by atoms with Gasteiger partial charge < -0.3 is 20.1 Å². The number of amides is 1. The van der Waals surface area contributed by atoms with Crippen LogP contribution < -0.4 is 15.9 Å². The van der Waals surface area contributed by atoms with Gasteiger partial charge in [0, 0.05) is 38.3 Å². The van der Waals surface area contributed by atoms with Crippen molar-refractivity contribution >= 4 is 28.8 Å². The number of carbonyl (C=O) groups is 1. The zero-order valence-corrected chi connectivity index (χ0v) is 20.8. The van der Waals surface area contributed by atoms with Crippen LogP contribution in [0.1, 0.15) is 54.7 Å². The number of anilines is 2. The second kappa shape index (κ2) is 8.62. The Hall–Kier alpha value is -3.62. The van der Waals surface area contributed by atoms with Crippen molar-refractivity contribution in [2.45, 2.75) is 52.7 Å². The van der Waals surface area contributed by atoms with Gasteiger partial charge >= 0.3 is 5.69 Å². The molecular formula is C25H33N7O2. The Morgan fingerprint density at radius 3 is 2.62 bits per heavy atom. The van der Waals surface area contributed by atoms with E-state index in [9.17, 15) is 9.59 Å². The molecule has 34 heavy (non-hydrogen) atoms. The van der Waals surface area contributed by atoms with Crippen LogP contribution in [0.5, 0.6) is 0 Å². The van der Waals surface area contributed by atoms with Crippen LogP contribution >= 0.6 is 0 Å². The lowest BCUT2D eigenvalue weighted by molar-refractivity contribution is 0.0609. The van der Waals surface area contributed by atoms with Gasteiger partial charge in [-0.2, -0.15) is 9.97 Å². The van der Waals surface area contributed by atoms with Gasteiger partial charge in [0.1, 0.15) is 5.52 Å². The number of hydrogen-bond donors (Lipinski definition) is 2. The van der Waals surface area contributed by atoms with Crippen molar-refractivity contribution in [2.24, 2.45) is 0 Å². The fourth-order valence-electron chi connectivity index (χ4n) is 4.36. The molecule has 1 aliphatic rings. The number of imidazole rings is 1. The van der Waals surface area contributed by atoms with E-state index in [1.807, 2.05) is 56.7 Å². The van der Waals surface area contributed by atoms with Gasteiger partial charge in [-0.05, 0) is 56.9 Å². The fraction of sp³-hybridized carbons (Fsp3) is 0.440. The summed E-state index contributed by atoms with van der Waals surface area (Å²) in [4.78, 5) is 42.1. The normalized spacial score (nSPS) is 13.5. The number of carbonyl (C=O) groups excluding carboxylic acids is 1. The molecule has 0 aliphatic carbocycles. The van der Waals surface area contributed by atoms with Crippen molar-refractivity contribution in [3.63, 3.8) is 0 Å². The Morgan fingerprint density at radius 2 is 2.00 bits per heavy atom. The standard InChI is InChI=1S/C25H33N7O2/c1-8-10-16-11-15(12-17-18(16)14-32(22(17)33)25(3,4)5)13-31-21-19(27-24(31)34)20(26-6)28-23(29-21)30(7)9-2/h8,11-12H,1,9-10,13-14H2,2-7H3,(H,27,34)(H,26,28,29). The monoisotopic (exact) mass is 463 g/mol. The predicted molar refractivity (Wildman–Crippen MR) is 136 cm³/mol. The van der Waals surface area contributed by atoms with E-state index in [1.165, 1.54) is 0 Å². The van der Waals surface area contributed by atoms with Crippen molar-refractivity contribution in [2.75, 3.05) is 30.9 Å². The van der Waals surface area contributed by atoms with Crippen LogP contribution in [0, 0.1) is 0 Å². The summed E-state index contributed by atoms with van der Waals surface area (Å²) >= 11 is 0. The number of hydrogen-bond acceptors (Lipinski definition) is 6. The van der Waals surface area contributed by atoms with Gasteiger partial charge in [0.25, 0.3) is 5.91 Å². The number of allylic oxidation sites excluding steroid dienone is 1. The van der Waals surface area contributed by atoms with Crippen molar-refractivity contribution in [1.82, 2.24) is 24.4 Å². The zero-order valence-electron chi connectivity index (χ0n) is 20.8. The van der Waals surface area contributed by atoms with Crippen LogP contribution in [0.4, 0.5) is 11.8 Å². The summed E-state index contributed by atoms with van der Waals surface area (Å²) in [5.74, 6) is 1.12. The molecule has 180 valence electrons. The zero-order chi connectivity index (χ0) is 24.8. The number of nitrogens with zero attached hydrogens (tertiary/aromatic N) is 5. The highest BCUT2D eigenvalue weighted by Gasteiger charge is 2.36. The second-order valence-corrected chi connectivity index (χ2v) is 9.69. The van der Waals surface area contributed by atoms with Crippen molar-refractivity contribution in [3.8, 4) is 0 Å². The molecule has 0 saturated carbocycles. The van der Waals surface area contributed by atoms with E-state index in [0.717, 1.165) is 23.2 Å². The number of fused-ring (bicyclic) bond motifs is 2. The molecule has 3 heterocycles. The Kier molecular flexibility index (Phi) is 5.97. The fourth-order valence-corrected chi connectivity index (χ4v) is 4.36. The number of benzene rings is 1. The van der Waals surface area contributed by atoms with Crippen LogP contribution in [0.3, 0.4) is 0 Å². The van der Waals surface area contributed by atoms with Crippen LogP contribution in [0.15, 0.2) is 29.6 Å². The molecule has 1 aliphatic heterocycles. The first-order chi connectivity index (χ1) is 16.1. The van der Waals surface area contributed by atoms with E-state index >= 15 is 0 Å². The molecule has 1 amide bonds. The molecule has 0 bridgehead atoms. The van der Waals surface area contributed by atoms with Crippen molar-refractivity contribution in [3.05, 3.63) is 57.5 Å². The van der Waals surface area contributed by atoms with E-state index in [0.29, 0.717) is 41.5 Å². The van der Waals surface area contributed by atoms with Crippen molar-refractivity contribution < 1.29 is 4.79 Å². The molecular weight excluding hydrogens is 430 g/mol. The van der Waals surface area contributed by atoms with Crippen LogP contribution in [-0.2, 0) is 19.5 Å². The molecule has 1 aromatic carbocycles. The quantitative estimate of drug-likeness (QED) is 0.522. The summed E-state index contributed by atoms with van der Waals surface area (Å²) in [6, 6.07) is 3.99. The van der Waals surface area contributed by atoms with Crippen LogP contribution in [-0.4, -0.2) is 56.5 Å². The predicted octanol–water partition coefficient (Wildman–Crippen LogP) is 3.15. The minimum atomic E-state index is -0.280. The van der Waals surface area contributed by atoms with E-state index in [-0.39, 0.29) is 23.7 Å². The minimum Gasteiger partial charge on any atom is -0.371 e. The Bertz CT molecular complexity index is 1330. The first kappa shape index (κ1) is 23.5. The number of aromatic nitrogens is 4. The van der Waals surface area contributed by atoms with E-state index in [1.54, 1.807) is 11.6 Å². The minimum absolute atomic E-state index is 0.0209. The number of aromatic amines is 1. The van der Waals surface area contributed by atoms with Gasteiger partial charge in [0.2, 0.25) is 5.95 Å². The summed E-state index contributed by atoms with van der Waals surface area (Å²) < 4.78 is 1.60. The highest BCUT2D eigenvalue weighted by Crippen LogP contribution is 2.33. The molecule has 0 radical (unpaired) electrons. The molecule has 2 aromatic heterocycles. The summed E-state index contributed by atoms with van der Waals surface area (Å²) in [5, 5.41) is 3.06. The lowest BCUT2D eigenvalue weighted by atomic mass is 9.97. The number of nitrogens with one attached hydrogen (secondary N) is 2. The third kappa shape index (κ3) is 3.95. The molecule has 9 nitrogen and oxygen atoms in total. The molecule has 4 rings (SSSR count). The van der Waals surface area contributed by atoms with E-state index < -0.39 is 0 Å². The Balaban J connectivity index is 1.83. The largest absolute Gasteiger partial charge is 0.371 e. The molecule has 0 spiro atoms.